The first-order chi connectivity index (χ1) is 7.15. The van der Waals surface area contributed by atoms with Crippen LogP contribution in [0.4, 0.5) is 0 Å². The fourth-order valence-corrected chi connectivity index (χ4v) is 3.58. The van der Waals surface area contributed by atoms with E-state index in [0.29, 0.717) is 6.61 Å². The molecule has 0 aliphatic heterocycles. The Balaban J connectivity index is 2.60. The van der Waals surface area contributed by atoms with Crippen LogP contribution >= 0.6 is 47.8 Å². The molecule has 0 radical (unpaired) electrons. The average molecular weight is 402 g/mol. The molecule has 0 unspecified atom stereocenters. The van der Waals surface area contributed by atoms with Crippen LogP contribution in [0.15, 0.2) is 25.6 Å². The molecule has 15 heavy (non-hydrogen) atoms. The Morgan fingerprint density at radius 3 is 2.33 bits per heavy atom. The van der Waals surface area contributed by atoms with Crippen LogP contribution < -0.4 is 10.1 Å². The molecule has 0 saturated heterocycles. The second-order valence-electron chi connectivity index (χ2n) is 3.00. The third kappa shape index (κ3) is 4.43. The zero-order chi connectivity index (χ0) is 11.3. The molecule has 1 rings (SSSR count). The summed E-state index contributed by atoms with van der Waals surface area (Å²) in [6.07, 6.45) is 0.992. The minimum Gasteiger partial charge on any atom is -0.491 e. The summed E-state index contributed by atoms with van der Waals surface area (Å²) in [7, 11) is 1.94. The molecule has 0 saturated carbocycles. The highest BCUT2D eigenvalue weighted by Crippen LogP contribution is 2.36. The molecule has 0 fully saturated rings. The lowest BCUT2D eigenvalue weighted by Gasteiger charge is -2.10. The number of rotatable bonds is 5. The van der Waals surface area contributed by atoms with Gasteiger partial charge in [-0.05, 0) is 64.0 Å². The van der Waals surface area contributed by atoms with Crippen molar-refractivity contribution in [3.8, 4) is 5.75 Å². The van der Waals surface area contributed by atoms with Crippen molar-refractivity contribution in [2.45, 2.75) is 6.42 Å². The van der Waals surface area contributed by atoms with Crippen LogP contribution in [0.5, 0.6) is 5.75 Å². The van der Waals surface area contributed by atoms with Gasteiger partial charge in [-0.3, -0.25) is 0 Å². The van der Waals surface area contributed by atoms with Gasteiger partial charge >= 0.3 is 0 Å². The third-order valence-electron chi connectivity index (χ3n) is 1.78. The van der Waals surface area contributed by atoms with E-state index in [1.54, 1.807) is 0 Å². The second kappa shape index (κ2) is 6.89. The van der Waals surface area contributed by atoms with Gasteiger partial charge in [0.25, 0.3) is 0 Å². The van der Waals surface area contributed by atoms with Gasteiger partial charge in [0.15, 0.2) is 0 Å². The van der Waals surface area contributed by atoms with Crippen molar-refractivity contribution in [1.82, 2.24) is 5.32 Å². The summed E-state index contributed by atoms with van der Waals surface area (Å²) < 4.78 is 8.59. The van der Waals surface area contributed by atoms with Gasteiger partial charge in [0.1, 0.15) is 5.75 Å². The molecule has 0 heterocycles. The molecular formula is C10H12Br3NO. The number of ether oxygens (including phenoxy) is 1. The zero-order valence-electron chi connectivity index (χ0n) is 8.32. The molecule has 1 aromatic rings. The van der Waals surface area contributed by atoms with E-state index in [-0.39, 0.29) is 0 Å². The standard InChI is InChI=1S/C10H12Br3NO/c1-14-3-2-4-15-10-8(12)5-7(11)6-9(10)13/h5-6,14H,2-4H2,1H3. The summed E-state index contributed by atoms with van der Waals surface area (Å²) in [6.45, 7) is 1.67. The summed E-state index contributed by atoms with van der Waals surface area (Å²) in [5.41, 5.74) is 0. The monoisotopic (exact) mass is 399 g/mol. The lowest BCUT2D eigenvalue weighted by atomic mass is 10.3. The summed E-state index contributed by atoms with van der Waals surface area (Å²) in [6, 6.07) is 3.94. The van der Waals surface area contributed by atoms with Crippen molar-refractivity contribution in [3.05, 3.63) is 25.6 Å². The summed E-state index contributed by atoms with van der Waals surface area (Å²) in [5, 5.41) is 3.08. The highest BCUT2D eigenvalue weighted by atomic mass is 79.9. The lowest BCUT2D eigenvalue weighted by molar-refractivity contribution is 0.306. The molecule has 5 heteroatoms. The normalized spacial score (nSPS) is 10.4. The first-order valence-electron chi connectivity index (χ1n) is 4.57. The fraction of sp³-hybridized carbons (Fsp3) is 0.400. The summed E-state index contributed by atoms with van der Waals surface area (Å²) in [5.74, 6) is 0.856. The number of benzene rings is 1. The minimum absolute atomic E-state index is 0.708. The van der Waals surface area contributed by atoms with Crippen LogP contribution in [-0.2, 0) is 0 Å². The summed E-state index contributed by atoms with van der Waals surface area (Å²) in [4.78, 5) is 0. The molecule has 0 bridgehead atoms. The Bertz CT molecular complexity index is 307. The second-order valence-corrected chi connectivity index (χ2v) is 5.63. The number of nitrogens with one attached hydrogen (secondary N) is 1. The van der Waals surface area contributed by atoms with Crippen molar-refractivity contribution in [2.75, 3.05) is 20.2 Å². The van der Waals surface area contributed by atoms with E-state index in [1.807, 2.05) is 19.2 Å². The van der Waals surface area contributed by atoms with E-state index in [1.165, 1.54) is 0 Å². The van der Waals surface area contributed by atoms with Gasteiger partial charge in [-0.15, -0.1) is 0 Å². The number of hydrogen-bond acceptors (Lipinski definition) is 2. The molecular weight excluding hydrogens is 390 g/mol. The SMILES string of the molecule is CNCCCOc1c(Br)cc(Br)cc1Br. The van der Waals surface area contributed by atoms with Gasteiger partial charge < -0.3 is 10.1 Å². The molecule has 0 spiro atoms. The van der Waals surface area contributed by atoms with Gasteiger partial charge in [-0.1, -0.05) is 15.9 Å². The molecule has 1 aromatic carbocycles. The molecule has 84 valence electrons. The predicted octanol–water partition coefficient (Wildman–Crippen LogP) is 3.96. The Kier molecular flexibility index (Phi) is 6.19. The van der Waals surface area contributed by atoms with Gasteiger partial charge in [0.2, 0.25) is 0 Å². The minimum atomic E-state index is 0.708. The topological polar surface area (TPSA) is 21.3 Å². The van der Waals surface area contributed by atoms with Crippen molar-refractivity contribution >= 4 is 47.8 Å². The van der Waals surface area contributed by atoms with Crippen LogP contribution in [0.1, 0.15) is 6.42 Å². The van der Waals surface area contributed by atoms with Crippen molar-refractivity contribution in [1.29, 1.82) is 0 Å². The van der Waals surface area contributed by atoms with Crippen LogP contribution in [0.2, 0.25) is 0 Å². The maximum atomic E-state index is 5.67. The van der Waals surface area contributed by atoms with E-state index < -0.39 is 0 Å². The van der Waals surface area contributed by atoms with Gasteiger partial charge in [0.05, 0.1) is 15.6 Å². The number of halogens is 3. The van der Waals surface area contributed by atoms with E-state index in [0.717, 1.165) is 32.1 Å². The largest absolute Gasteiger partial charge is 0.491 e. The third-order valence-corrected chi connectivity index (χ3v) is 3.42. The van der Waals surface area contributed by atoms with E-state index >= 15 is 0 Å². The van der Waals surface area contributed by atoms with Gasteiger partial charge in [-0.25, -0.2) is 0 Å². The van der Waals surface area contributed by atoms with Gasteiger partial charge in [0, 0.05) is 4.47 Å². The van der Waals surface area contributed by atoms with Crippen LogP contribution in [-0.4, -0.2) is 20.2 Å². The maximum Gasteiger partial charge on any atom is 0.147 e. The predicted molar refractivity (Wildman–Crippen MR) is 73.6 cm³/mol. The van der Waals surface area contributed by atoms with Gasteiger partial charge in [-0.2, -0.15) is 0 Å². The Labute approximate surface area is 115 Å². The Hall–Kier alpha value is 0.420. The maximum absolute atomic E-state index is 5.67. The highest BCUT2D eigenvalue weighted by molar-refractivity contribution is 9.11. The summed E-state index contributed by atoms with van der Waals surface area (Å²) >= 11 is 10.3. The zero-order valence-corrected chi connectivity index (χ0v) is 13.1. The fourth-order valence-electron chi connectivity index (χ4n) is 1.09. The Morgan fingerprint density at radius 2 is 1.80 bits per heavy atom. The smallest absolute Gasteiger partial charge is 0.147 e. The van der Waals surface area contributed by atoms with Crippen LogP contribution in [0, 0.1) is 0 Å². The van der Waals surface area contributed by atoms with Crippen LogP contribution in [0.25, 0.3) is 0 Å². The molecule has 0 atom stereocenters. The van der Waals surface area contributed by atoms with Crippen LogP contribution in [0.3, 0.4) is 0 Å². The number of hydrogen-bond donors (Lipinski definition) is 1. The van der Waals surface area contributed by atoms with Crippen molar-refractivity contribution in [3.63, 3.8) is 0 Å². The van der Waals surface area contributed by atoms with E-state index in [4.69, 9.17) is 4.74 Å². The molecule has 0 aliphatic carbocycles. The molecule has 2 nitrogen and oxygen atoms in total. The van der Waals surface area contributed by atoms with Crippen molar-refractivity contribution in [2.24, 2.45) is 0 Å². The average Bonchev–Trinajstić information content (AvgIpc) is 2.15. The molecule has 1 N–H and O–H groups in total. The molecule has 0 aliphatic rings. The first kappa shape index (κ1) is 13.5. The Morgan fingerprint density at radius 1 is 1.20 bits per heavy atom. The van der Waals surface area contributed by atoms with E-state index in [9.17, 15) is 0 Å². The molecule has 0 aromatic heterocycles. The van der Waals surface area contributed by atoms with E-state index in [2.05, 4.69) is 53.1 Å². The molecule has 0 amide bonds. The first-order valence-corrected chi connectivity index (χ1v) is 6.95. The highest BCUT2D eigenvalue weighted by Gasteiger charge is 2.07. The quantitative estimate of drug-likeness (QED) is 0.754. The van der Waals surface area contributed by atoms with Crippen molar-refractivity contribution < 1.29 is 4.74 Å². The lowest BCUT2D eigenvalue weighted by Crippen LogP contribution is -2.11.